The van der Waals surface area contributed by atoms with Crippen LogP contribution in [-0.2, 0) is 6.42 Å². The summed E-state index contributed by atoms with van der Waals surface area (Å²) in [5.41, 5.74) is 4.63. The highest BCUT2D eigenvalue weighted by atomic mass is 35.5. The lowest BCUT2D eigenvalue weighted by atomic mass is 9.78. The van der Waals surface area contributed by atoms with E-state index in [2.05, 4.69) is 24.3 Å². The molecule has 0 fully saturated rings. The Morgan fingerprint density at radius 1 is 1.06 bits per heavy atom. The topological polar surface area (TPSA) is 23.9 Å². The summed E-state index contributed by atoms with van der Waals surface area (Å²) < 4.78 is 0. The fourth-order valence-corrected chi connectivity index (χ4v) is 2.91. The molecule has 2 aromatic rings. The monoisotopic (exact) mass is 255 g/mol. The van der Waals surface area contributed by atoms with Crippen LogP contribution in [0.25, 0.3) is 0 Å². The summed E-state index contributed by atoms with van der Waals surface area (Å²) in [6, 6.07) is 16.4. The highest BCUT2D eigenvalue weighted by Gasteiger charge is 2.24. The van der Waals surface area contributed by atoms with Crippen LogP contribution < -0.4 is 0 Å². The molecular weight excluding hydrogens is 242 g/mol. The highest BCUT2D eigenvalue weighted by molar-refractivity contribution is 6.30. The minimum Gasteiger partial charge on any atom is -0.309 e. The third-order valence-electron chi connectivity index (χ3n) is 3.54. The van der Waals surface area contributed by atoms with Gasteiger partial charge < -0.3 is 5.41 Å². The number of benzene rings is 2. The fraction of sp³-hybridized carbons (Fsp3) is 0.188. The van der Waals surface area contributed by atoms with E-state index in [-0.39, 0.29) is 5.92 Å². The fourth-order valence-electron chi connectivity index (χ4n) is 2.71. The molecule has 90 valence electrons. The first-order valence-electron chi connectivity index (χ1n) is 6.13. The molecular formula is C16H14ClN. The number of hydrogen-bond acceptors (Lipinski definition) is 1. The van der Waals surface area contributed by atoms with Crippen LogP contribution in [0, 0.1) is 5.41 Å². The summed E-state index contributed by atoms with van der Waals surface area (Å²) in [4.78, 5) is 0. The molecule has 3 rings (SSSR count). The highest BCUT2D eigenvalue weighted by Crippen LogP contribution is 2.35. The van der Waals surface area contributed by atoms with Crippen molar-refractivity contribution in [3.63, 3.8) is 0 Å². The van der Waals surface area contributed by atoms with Gasteiger partial charge in [0.2, 0.25) is 0 Å². The van der Waals surface area contributed by atoms with E-state index in [9.17, 15) is 0 Å². The van der Waals surface area contributed by atoms with Crippen molar-refractivity contribution in [3.8, 4) is 0 Å². The number of fused-ring (bicyclic) bond motifs is 1. The Morgan fingerprint density at radius 2 is 1.89 bits per heavy atom. The van der Waals surface area contributed by atoms with Gasteiger partial charge in [0, 0.05) is 23.1 Å². The van der Waals surface area contributed by atoms with Crippen molar-refractivity contribution in [2.24, 2.45) is 0 Å². The third-order valence-corrected chi connectivity index (χ3v) is 3.77. The second kappa shape index (κ2) is 4.58. The molecule has 0 amide bonds. The van der Waals surface area contributed by atoms with Crippen molar-refractivity contribution in [2.75, 3.05) is 0 Å². The van der Waals surface area contributed by atoms with Gasteiger partial charge in [-0.3, -0.25) is 0 Å². The lowest BCUT2D eigenvalue weighted by molar-refractivity contribution is 0.802. The molecule has 2 heteroatoms. The average Bonchev–Trinajstić information content (AvgIpc) is 2.37. The largest absolute Gasteiger partial charge is 0.309 e. The first-order chi connectivity index (χ1) is 8.74. The van der Waals surface area contributed by atoms with Crippen LogP contribution in [-0.4, -0.2) is 5.71 Å². The summed E-state index contributed by atoms with van der Waals surface area (Å²) >= 11 is 6.07. The maximum absolute atomic E-state index is 8.02. The molecule has 1 unspecified atom stereocenters. The zero-order valence-electron chi connectivity index (χ0n) is 9.99. The number of halogens is 1. The maximum Gasteiger partial charge on any atom is 0.0408 e. The molecule has 0 aromatic heterocycles. The molecule has 0 bridgehead atoms. The Morgan fingerprint density at radius 3 is 2.72 bits per heavy atom. The van der Waals surface area contributed by atoms with E-state index in [1.807, 2.05) is 24.3 Å². The smallest absolute Gasteiger partial charge is 0.0408 e. The van der Waals surface area contributed by atoms with Crippen LogP contribution in [0.15, 0.2) is 48.5 Å². The Balaban J connectivity index is 2.10. The van der Waals surface area contributed by atoms with Crippen molar-refractivity contribution < 1.29 is 0 Å². The number of nitrogens with one attached hydrogen (secondary N) is 1. The van der Waals surface area contributed by atoms with Crippen molar-refractivity contribution in [3.05, 3.63) is 70.2 Å². The summed E-state index contributed by atoms with van der Waals surface area (Å²) in [5.74, 6) is 0.279. The standard InChI is InChI=1S/C16H14ClN/c17-13-6-3-5-11(8-13)16-10-14(18)9-12-4-1-2-7-15(12)16/h1-8,16,18H,9-10H2. The Bertz CT molecular complexity index is 604. The molecule has 0 spiro atoms. The molecule has 0 heterocycles. The molecule has 0 saturated carbocycles. The maximum atomic E-state index is 8.02. The van der Waals surface area contributed by atoms with Crippen molar-refractivity contribution >= 4 is 17.3 Å². The minimum atomic E-state index is 0.279. The van der Waals surface area contributed by atoms with E-state index in [0.29, 0.717) is 0 Å². The molecule has 1 aliphatic carbocycles. The molecule has 1 aliphatic rings. The lowest BCUT2D eigenvalue weighted by Crippen LogP contribution is -2.18. The van der Waals surface area contributed by atoms with E-state index in [1.54, 1.807) is 0 Å². The zero-order chi connectivity index (χ0) is 12.5. The normalized spacial score (nSPS) is 18.5. The summed E-state index contributed by atoms with van der Waals surface area (Å²) in [6.07, 6.45) is 1.59. The van der Waals surface area contributed by atoms with E-state index in [4.69, 9.17) is 17.0 Å². The van der Waals surface area contributed by atoms with Gasteiger partial charge in [-0.15, -0.1) is 0 Å². The van der Waals surface area contributed by atoms with Gasteiger partial charge in [-0.2, -0.15) is 0 Å². The molecule has 0 saturated heterocycles. The van der Waals surface area contributed by atoms with Crippen molar-refractivity contribution in [2.45, 2.75) is 18.8 Å². The minimum absolute atomic E-state index is 0.279. The molecule has 0 radical (unpaired) electrons. The van der Waals surface area contributed by atoms with Gasteiger partial charge in [0.05, 0.1) is 0 Å². The Labute approximate surface area is 112 Å². The van der Waals surface area contributed by atoms with Gasteiger partial charge in [-0.1, -0.05) is 48.0 Å². The van der Waals surface area contributed by atoms with Crippen LogP contribution in [0.4, 0.5) is 0 Å². The van der Waals surface area contributed by atoms with Gasteiger partial charge in [0.25, 0.3) is 0 Å². The van der Waals surface area contributed by atoms with E-state index >= 15 is 0 Å². The summed E-state index contributed by atoms with van der Waals surface area (Å²) in [6.45, 7) is 0. The van der Waals surface area contributed by atoms with Gasteiger partial charge in [0.1, 0.15) is 0 Å². The van der Waals surface area contributed by atoms with Gasteiger partial charge in [-0.05, 0) is 35.2 Å². The molecule has 1 atom stereocenters. The van der Waals surface area contributed by atoms with Crippen LogP contribution in [0.1, 0.15) is 29.0 Å². The van der Waals surface area contributed by atoms with Crippen LogP contribution in [0.2, 0.25) is 5.02 Å². The second-order valence-electron chi connectivity index (χ2n) is 4.79. The lowest BCUT2D eigenvalue weighted by Gasteiger charge is -2.26. The quantitative estimate of drug-likeness (QED) is 0.779. The zero-order valence-corrected chi connectivity index (χ0v) is 10.7. The van der Waals surface area contributed by atoms with Crippen molar-refractivity contribution in [1.82, 2.24) is 0 Å². The van der Waals surface area contributed by atoms with Crippen LogP contribution in [0.3, 0.4) is 0 Å². The summed E-state index contributed by atoms with van der Waals surface area (Å²) in [7, 11) is 0. The predicted molar refractivity (Wildman–Crippen MR) is 75.8 cm³/mol. The first kappa shape index (κ1) is 11.5. The molecule has 1 N–H and O–H groups in total. The molecule has 1 nitrogen and oxygen atoms in total. The number of rotatable bonds is 1. The van der Waals surface area contributed by atoms with E-state index in [0.717, 1.165) is 23.6 Å². The molecule has 18 heavy (non-hydrogen) atoms. The van der Waals surface area contributed by atoms with Gasteiger partial charge in [-0.25, -0.2) is 0 Å². The SMILES string of the molecule is N=C1Cc2ccccc2C(c2cccc(Cl)c2)C1. The molecule has 2 aromatic carbocycles. The second-order valence-corrected chi connectivity index (χ2v) is 5.23. The summed E-state index contributed by atoms with van der Waals surface area (Å²) in [5, 5.41) is 8.79. The van der Waals surface area contributed by atoms with Crippen LogP contribution >= 0.6 is 11.6 Å². The van der Waals surface area contributed by atoms with E-state index < -0.39 is 0 Å². The molecule has 0 aliphatic heterocycles. The predicted octanol–water partition coefficient (Wildman–Crippen LogP) is 4.44. The first-order valence-corrected chi connectivity index (χ1v) is 6.51. The van der Waals surface area contributed by atoms with Crippen molar-refractivity contribution in [1.29, 1.82) is 5.41 Å². The van der Waals surface area contributed by atoms with Crippen LogP contribution in [0.5, 0.6) is 0 Å². The van der Waals surface area contributed by atoms with Gasteiger partial charge in [0.15, 0.2) is 0 Å². The Hall–Kier alpha value is -1.60. The Kier molecular flexibility index (Phi) is 2.92. The van der Waals surface area contributed by atoms with Gasteiger partial charge >= 0.3 is 0 Å². The van der Waals surface area contributed by atoms with E-state index in [1.165, 1.54) is 16.7 Å². The third kappa shape index (κ3) is 2.06. The average molecular weight is 256 g/mol. The number of hydrogen-bond donors (Lipinski definition) is 1.